The fourth-order valence-corrected chi connectivity index (χ4v) is 13.8. The summed E-state index contributed by atoms with van der Waals surface area (Å²) < 4.78 is 0. The Labute approximate surface area is 466 Å². The Balaban J connectivity index is 0.939. The quantitative estimate of drug-likeness (QED) is 0.131. The van der Waals surface area contributed by atoms with Gasteiger partial charge in [0.2, 0.25) is 0 Å². The van der Waals surface area contributed by atoms with Crippen molar-refractivity contribution in [3.8, 4) is 113 Å². The van der Waals surface area contributed by atoms with Crippen molar-refractivity contribution in [1.82, 2.24) is 49.8 Å². The molecule has 0 radical (unpaired) electrons. The van der Waals surface area contributed by atoms with Gasteiger partial charge < -0.3 is 0 Å². The van der Waals surface area contributed by atoms with Gasteiger partial charge in [-0.2, -0.15) is 0 Å². The van der Waals surface area contributed by atoms with Gasteiger partial charge in [-0.1, -0.05) is 185 Å². The normalized spacial score (nSPS) is 19.0. The summed E-state index contributed by atoms with van der Waals surface area (Å²) in [5, 5.41) is 0. The maximum Gasteiger partial charge on any atom is 0.182 e. The van der Waals surface area contributed by atoms with Gasteiger partial charge in [-0.25, -0.2) is 49.8 Å². The molecule has 2 bridgehead atoms. The Morgan fingerprint density at radius 3 is 1.40 bits per heavy atom. The second kappa shape index (κ2) is 20.2. The first-order chi connectivity index (χ1) is 39.3. The molecule has 5 atom stereocenters. The van der Waals surface area contributed by atoms with Gasteiger partial charge >= 0.3 is 0 Å². The van der Waals surface area contributed by atoms with Crippen LogP contribution in [-0.4, -0.2) is 49.8 Å². The molecule has 4 heterocycles. The zero-order valence-corrected chi connectivity index (χ0v) is 45.2. The third-order valence-electron chi connectivity index (χ3n) is 17.1. The van der Waals surface area contributed by atoms with E-state index in [0.717, 1.165) is 62.9 Å². The molecule has 10 heteroatoms. The summed E-state index contributed by atoms with van der Waals surface area (Å²) in [7, 11) is 0. The minimum absolute atomic E-state index is 0.126. The van der Waals surface area contributed by atoms with Crippen LogP contribution < -0.4 is 0 Å². The maximum absolute atomic E-state index is 5.31. The third-order valence-corrected chi connectivity index (χ3v) is 17.1. The fraction of sp³-hybridized carbons (Fsp3) is 0.200. The van der Waals surface area contributed by atoms with Gasteiger partial charge in [-0.3, -0.25) is 0 Å². The first-order valence-electron chi connectivity index (χ1n) is 28.1. The average molecular weight is 1040 g/mol. The van der Waals surface area contributed by atoms with Crippen molar-refractivity contribution in [2.24, 2.45) is 23.7 Å². The zero-order valence-electron chi connectivity index (χ0n) is 45.2. The Hall–Kier alpha value is -9.28. The van der Waals surface area contributed by atoms with E-state index >= 15 is 0 Å². The lowest BCUT2D eigenvalue weighted by atomic mass is 9.49. The number of hydrogen-bond donors (Lipinski definition) is 0. The first-order valence-corrected chi connectivity index (χ1v) is 28.1. The number of aromatic nitrogens is 10. The highest BCUT2D eigenvalue weighted by Gasteiger charge is 2.57. The Bertz CT molecular complexity index is 3960. The molecule has 2 saturated carbocycles. The van der Waals surface area contributed by atoms with E-state index in [9.17, 15) is 0 Å². The van der Waals surface area contributed by atoms with Crippen LogP contribution in [0.2, 0.25) is 0 Å². The predicted octanol–water partition coefficient (Wildman–Crippen LogP) is 16.1. The lowest BCUT2D eigenvalue weighted by Crippen LogP contribution is -2.49. The molecule has 5 unspecified atom stereocenters. The highest BCUT2D eigenvalue weighted by Crippen LogP contribution is 2.67. The summed E-state index contributed by atoms with van der Waals surface area (Å²) in [6.45, 7) is 9.68. The summed E-state index contributed by atoms with van der Waals surface area (Å²) in [4.78, 5) is 50.6. The smallest absolute Gasteiger partial charge is 0.182 e. The third kappa shape index (κ3) is 8.57. The van der Waals surface area contributed by atoms with Crippen LogP contribution in [0, 0.1) is 23.7 Å². The molecule has 14 rings (SSSR count). The highest BCUT2D eigenvalue weighted by molar-refractivity contribution is 5.96. The number of nitrogens with zero attached hydrogens (tertiary/aromatic N) is 10. The van der Waals surface area contributed by atoms with Crippen LogP contribution in [0.15, 0.2) is 201 Å². The van der Waals surface area contributed by atoms with Crippen molar-refractivity contribution in [3.05, 3.63) is 217 Å². The van der Waals surface area contributed by atoms with Crippen LogP contribution >= 0.6 is 0 Å². The number of rotatable bonds is 10. The maximum atomic E-state index is 5.31. The Morgan fingerprint density at radius 2 is 0.863 bits per heavy atom. The van der Waals surface area contributed by atoms with E-state index in [4.69, 9.17) is 49.8 Å². The van der Waals surface area contributed by atoms with Crippen LogP contribution in [0.25, 0.3) is 113 Å². The molecular weight excluding hydrogens is 981 g/mol. The van der Waals surface area contributed by atoms with Gasteiger partial charge in [0.25, 0.3) is 0 Å². The summed E-state index contributed by atoms with van der Waals surface area (Å²) in [5.41, 5.74) is 15.8. The first kappa shape index (κ1) is 49.0. The van der Waals surface area contributed by atoms with Gasteiger partial charge in [0.05, 0.1) is 0 Å². The molecule has 80 heavy (non-hydrogen) atoms. The molecule has 388 valence electrons. The molecule has 3 aliphatic carbocycles. The Kier molecular flexibility index (Phi) is 12.4. The molecule has 0 saturated heterocycles. The molecule has 4 aromatic heterocycles. The topological polar surface area (TPSA) is 129 Å². The Morgan fingerprint density at radius 1 is 0.375 bits per heavy atom. The molecule has 0 N–H and O–H groups in total. The van der Waals surface area contributed by atoms with Crippen molar-refractivity contribution in [1.29, 1.82) is 0 Å². The molecule has 2 fully saturated rings. The summed E-state index contributed by atoms with van der Waals surface area (Å²) in [6, 6.07) is 62.6. The summed E-state index contributed by atoms with van der Waals surface area (Å²) >= 11 is 0. The van der Waals surface area contributed by atoms with E-state index in [1.54, 1.807) is 0 Å². The van der Waals surface area contributed by atoms with Crippen molar-refractivity contribution in [3.63, 3.8) is 0 Å². The van der Waals surface area contributed by atoms with Crippen molar-refractivity contribution in [2.75, 3.05) is 0 Å². The highest BCUT2D eigenvalue weighted by atomic mass is 15.1. The molecule has 1 spiro atoms. The van der Waals surface area contributed by atoms with Crippen molar-refractivity contribution >= 4 is 0 Å². The SMILES string of the molecule is CC1CC2CC(C)C3(c4cc(-c5nccc(-c6nc(-c7ccccc7)nc(-c7ccccc7)n6)n5)ccc4-c4c3cc(-c3ccc(-c5nc(-c6ccccc6)nc(-c6ccccc6)n5)cc3)c(-c3ncccn3)c4C(C)C)C(C1)C2. The molecule has 10 nitrogen and oxygen atoms in total. The molecular formula is C70H58N10. The minimum atomic E-state index is -0.284. The van der Waals surface area contributed by atoms with Crippen LogP contribution in [-0.2, 0) is 5.41 Å². The van der Waals surface area contributed by atoms with Gasteiger partial charge in [0.1, 0.15) is 5.69 Å². The molecule has 7 aromatic carbocycles. The van der Waals surface area contributed by atoms with Crippen LogP contribution in [0.5, 0.6) is 0 Å². The van der Waals surface area contributed by atoms with Crippen LogP contribution in [0.3, 0.4) is 0 Å². The standard InChI is InChI=1S/C70H58N10/c1-42(2)59-60-54-31-30-52(62-73-35-32-58(74-62)68-79-65(49-22-13-7-14-23-49)78-66(80-68)50-24-15-8-16-25-50)40-56(54)70(44(4)38-45-36-43(3)37-53(70)39-45)57(60)41-55(61(59)69-71-33-17-34-72-69)46-26-28-51(29-27-46)67-76-63(47-18-9-5-10-19-47)75-64(77-67)48-20-11-6-12-21-48/h5-35,40-45,53H,36-39H2,1-4H3. The van der Waals surface area contributed by atoms with Gasteiger partial charge in [-0.15, -0.1) is 0 Å². The molecule has 0 amide bonds. The van der Waals surface area contributed by atoms with E-state index in [-0.39, 0.29) is 11.3 Å². The van der Waals surface area contributed by atoms with E-state index < -0.39 is 0 Å². The zero-order chi connectivity index (χ0) is 53.9. The second-order valence-corrected chi connectivity index (χ2v) is 22.4. The van der Waals surface area contributed by atoms with Crippen molar-refractivity contribution < 1.29 is 0 Å². The second-order valence-electron chi connectivity index (χ2n) is 22.4. The molecule has 0 aliphatic heterocycles. The number of hydrogen-bond acceptors (Lipinski definition) is 10. The van der Waals surface area contributed by atoms with Crippen molar-refractivity contribution in [2.45, 2.75) is 64.7 Å². The van der Waals surface area contributed by atoms with Crippen LogP contribution in [0.1, 0.15) is 76.0 Å². The average Bonchev–Trinajstić information content (AvgIpc) is 2.64. The summed E-state index contributed by atoms with van der Waals surface area (Å²) in [5.74, 6) is 7.12. The fourth-order valence-electron chi connectivity index (χ4n) is 13.8. The van der Waals surface area contributed by atoms with E-state index in [1.165, 1.54) is 40.7 Å². The lowest BCUT2D eigenvalue weighted by Gasteiger charge is -2.54. The number of benzene rings is 7. The van der Waals surface area contributed by atoms with E-state index in [1.807, 2.05) is 152 Å². The van der Waals surface area contributed by atoms with E-state index in [2.05, 4.69) is 76.2 Å². The number of fused-ring (bicyclic) bond motifs is 8. The van der Waals surface area contributed by atoms with Gasteiger partial charge in [0, 0.05) is 62.9 Å². The monoisotopic (exact) mass is 1040 g/mol. The summed E-state index contributed by atoms with van der Waals surface area (Å²) in [6.07, 6.45) is 10.4. The largest absolute Gasteiger partial charge is 0.237 e. The minimum Gasteiger partial charge on any atom is -0.237 e. The van der Waals surface area contributed by atoms with Gasteiger partial charge in [-0.05, 0) is 118 Å². The lowest BCUT2D eigenvalue weighted by molar-refractivity contribution is 0.0426. The van der Waals surface area contributed by atoms with Gasteiger partial charge in [0.15, 0.2) is 46.6 Å². The van der Waals surface area contributed by atoms with Crippen LogP contribution in [0.4, 0.5) is 0 Å². The molecule has 3 aliphatic rings. The molecule has 11 aromatic rings. The predicted molar refractivity (Wildman–Crippen MR) is 317 cm³/mol. The van der Waals surface area contributed by atoms with E-state index in [0.29, 0.717) is 76.0 Å².